The van der Waals surface area contributed by atoms with Crippen LogP contribution in [0.15, 0.2) is 42.5 Å². The maximum absolute atomic E-state index is 13.6. The van der Waals surface area contributed by atoms with E-state index in [0.717, 1.165) is 0 Å². The highest BCUT2D eigenvalue weighted by molar-refractivity contribution is 6.30. The van der Waals surface area contributed by atoms with Gasteiger partial charge in [0, 0.05) is 29.4 Å². The average Bonchev–Trinajstić information content (AvgIpc) is 2.94. The predicted octanol–water partition coefficient (Wildman–Crippen LogP) is 3.78. The first-order chi connectivity index (χ1) is 11.4. The standard InChI is InChI=1S/C18H16ClFN2O2/c1-11-2-5-14(9-16(11)20)21-18(24)12-8-17(23)22(10-12)15-6-3-13(19)4-7-15/h2-7,9,12H,8,10H2,1H3,(H,21,24)/t12-/m1/s1. The van der Waals surface area contributed by atoms with Crippen molar-refractivity contribution in [3.63, 3.8) is 0 Å². The molecule has 1 heterocycles. The summed E-state index contributed by atoms with van der Waals surface area (Å²) in [5.41, 5.74) is 1.61. The lowest BCUT2D eigenvalue weighted by Gasteiger charge is -2.16. The minimum Gasteiger partial charge on any atom is -0.326 e. The van der Waals surface area contributed by atoms with E-state index < -0.39 is 5.92 Å². The molecule has 1 aliphatic rings. The summed E-state index contributed by atoms with van der Waals surface area (Å²) < 4.78 is 13.6. The Labute approximate surface area is 144 Å². The van der Waals surface area contributed by atoms with E-state index in [2.05, 4.69) is 5.32 Å². The quantitative estimate of drug-likeness (QED) is 0.919. The minimum atomic E-state index is -0.474. The number of benzene rings is 2. The van der Waals surface area contributed by atoms with Gasteiger partial charge < -0.3 is 10.2 Å². The molecular weight excluding hydrogens is 331 g/mol. The molecule has 2 aromatic carbocycles. The number of nitrogens with one attached hydrogen (secondary N) is 1. The summed E-state index contributed by atoms with van der Waals surface area (Å²) in [6.07, 6.45) is 0.128. The number of amides is 2. The van der Waals surface area contributed by atoms with Gasteiger partial charge in [0.15, 0.2) is 0 Å². The van der Waals surface area contributed by atoms with E-state index in [1.807, 2.05) is 0 Å². The minimum absolute atomic E-state index is 0.118. The number of hydrogen-bond donors (Lipinski definition) is 1. The lowest BCUT2D eigenvalue weighted by Crippen LogP contribution is -2.28. The highest BCUT2D eigenvalue weighted by Crippen LogP contribution is 2.27. The van der Waals surface area contributed by atoms with E-state index in [1.54, 1.807) is 48.2 Å². The number of aryl methyl sites for hydroxylation is 1. The van der Waals surface area contributed by atoms with Gasteiger partial charge in [-0.05, 0) is 48.9 Å². The second-order valence-corrected chi connectivity index (χ2v) is 6.27. The van der Waals surface area contributed by atoms with Gasteiger partial charge in [-0.1, -0.05) is 17.7 Å². The topological polar surface area (TPSA) is 49.4 Å². The maximum Gasteiger partial charge on any atom is 0.229 e. The third kappa shape index (κ3) is 3.41. The second-order valence-electron chi connectivity index (χ2n) is 5.84. The summed E-state index contributed by atoms with van der Waals surface area (Å²) in [4.78, 5) is 26.1. The largest absolute Gasteiger partial charge is 0.326 e. The fourth-order valence-electron chi connectivity index (χ4n) is 2.67. The fraction of sp³-hybridized carbons (Fsp3) is 0.222. The van der Waals surface area contributed by atoms with Crippen LogP contribution in [0.1, 0.15) is 12.0 Å². The summed E-state index contributed by atoms with van der Waals surface area (Å²) in [5.74, 6) is -1.26. The summed E-state index contributed by atoms with van der Waals surface area (Å²) >= 11 is 5.85. The Morgan fingerprint density at radius 3 is 2.62 bits per heavy atom. The van der Waals surface area contributed by atoms with Crippen LogP contribution in [0, 0.1) is 18.7 Å². The van der Waals surface area contributed by atoms with Crippen LogP contribution in [0.25, 0.3) is 0 Å². The molecule has 6 heteroatoms. The number of halogens is 2. The maximum atomic E-state index is 13.6. The lowest BCUT2D eigenvalue weighted by atomic mass is 10.1. The smallest absolute Gasteiger partial charge is 0.229 e. The van der Waals surface area contributed by atoms with Crippen molar-refractivity contribution in [3.8, 4) is 0 Å². The van der Waals surface area contributed by atoms with E-state index in [1.165, 1.54) is 6.07 Å². The van der Waals surface area contributed by atoms with Crippen molar-refractivity contribution in [2.24, 2.45) is 5.92 Å². The highest BCUT2D eigenvalue weighted by atomic mass is 35.5. The first-order valence-electron chi connectivity index (χ1n) is 7.57. The summed E-state index contributed by atoms with van der Waals surface area (Å²) in [5, 5.41) is 3.26. The normalized spacial score (nSPS) is 17.2. The van der Waals surface area contributed by atoms with Gasteiger partial charge in [0.2, 0.25) is 11.8 Å². The molecule has 0 unspecified atom stereocenters. The molecule has 1 fully saturated rings. The van der Waals surface area contributed by atoms with Gasteiger partial charge >= 0.3 is 0 Å². The van der Waals surface area contributed by atoms with Crippen molar-refractivity contribution in [2.75, 3.05) is 16.8 Å². The van der Waals surface area contributed by atoms with Crippen molar-refractivity contribution in [3.05, 3.63) is 58.9 Å². The molecule has 4 nitrogen and oxygen atoms in total. The van der Waals surface area contributed by atoms with Crippen LogP contribution in [0.3, 0.4) is 0 Å². The fourth-order valence-corrected chi connectivity index (χ4v) is 2.79. The number of carbonyl (C=O) groups excluding carboxylic acids is 2. The third-order valence-corrected chi connectivity index (χ3v) is 4.33. The molecule has 124 valence electrons. The molecule has 3 rings (SSSR count). The molecule has 0 bridgehead atoms. The van der Waals surface area contributed by atoms with Crippen LogP contribution in [0.2, 0.25) is 5.02 Å². The van der Waals surface area contributed by atoms with Crippen molar-refractivity contribution in [2.45, 2.75) is 13.3 Å². The Hall–Kier alpha value is -2.40. The lowest BCUT2D eigenvalue weighted by molar-refractivity contribution is -0.122. The summed E-state index contributed by atoms with van der Waals surface area (Å²) in [6, 6.07) is 11.4. The Kier molecular flexibility index (Phi) is 4.53. The van der Waals surface area contributed by atoms with Crippen LogP contribution < -0.4 is 10.2 Å². The zero-order valence-corrected chi connectivity index (χ0v) is 13.8. The van der Waals surface area contributed by atoms with E-state index >= 15 is 0 Å². The van der Waals surface area contributed by atoms with Crippen LogP contribution in [-0.4, -0.2) is 18.4 Å². The van der Waals surface area contributed by atoms with Crippen molar-refractivity contribution >= 4 is 34.8 Å². The summed E-state index contributed by atoms with van der Waals surface area (Å²) in [7, 11) is 0. The second kappa shape index (κ2) is 6.61. The Balaban J connectivity index is 1.69. The van der Waals surface area contributed by atoms with Gasteiger partial charge in [0.1, 0.15) is 5.82 Å². The van der Waals surface area contributed by atoms with Crippen LogP contribution >= 0.6 is 11.6 Å². The van der Waals surface area contributed by atoms with Crippen LogP contribution in [-0.2, 0) is 9.59 Å². The van der Waals surface area contributed by atoms with Crippen molar-refractivity contribution in [1.29, 1.82) is 0 Å². The number of hydrogen-bond acceptors (Lipinski definition) is 2. The molecule has 1 aliphatic heterocycles. The zero-order chi connectivity index (χ0) is 17.3. The van der Waals surface area contributed by atoms with Gasteiger partial charge in [-0.2, -0.15) is 0 Å². The van der Waals surface area contributed by atoms with E-state index in [4.69, 9.17) is 11.6 Å². The molecule has 0 radical (unpaired) electrons. The third-order valence-electron chi connectivity index (χ3n) is 4.07. The monoisotopic (exact) mass is 346 g/mol. The van der Waals surface area contributed by atoms with E-state index in [0.29, 0.717) is 28.5 Å². The van der Waals surface area contributed by atoms with Gasteiger partial charge in [0.05, 0.1) is 5.92 Å². The van der Waals surface area contributed by atoms with Gasteiger partial charge in [-0.15, -0.1) is 0 Å². The van der Waals surface area contributed by atoms with Crippen molar-refractivity contribution < 1.29 is 14.0 Å². The average molecular weight is 347 g/mol. The Morgan fingerprint density at radius 1 is 1.25 bits per heavy atom. The van der Waals surface area contributed by atoms with Crippen LogP contribution in [0.4, 0.5) is 15.8 Å². The molecule has 0 saturated carbocycles. The van der Waals surface area contributed by atoms with E-state index in [-0.39, 0.29) is 24.1 Å². The van der Waals surface area contributed by atoms with Crippen molar-refractivity contribution in [1.82, 2.24) is 0 Å². The van der Waals surface area contributed by atoms with Gasteiger partial charge in [-0.25, -0.2) is 4.39 Å². The first-order valence-corrected chi connectivity index (χ1v) is 7.95. The molecule has 0 aromatic heterocycles. The molecule has 2 amide bonds. The molecular formula is C18H16ClFN2O2. The van der Waals surface area contributed by atoms with Gasteiger partial charge in [-0.3, -0.25) is 9.59 Å². The Morgan fingerprint density at radius 2 is 1.96 bits per heavy atom. The number of anilines is 2. The molecule has 1 saturated heterocycles. The highest BCUT2D eigenvalue weighted by Gasteiger charge is 2.35. The predicted molar refractivity (Wildman–Crippen MR) is 91.7 cm³/mol. The summed E-state index contributed by atoms with van der Waals surface area (Å²) in [6.45, 7) is 1.95. The molecule has 24 heavy (non-hydrogen) atoms. The van der Waals surface area contributed by atoms with Crippen LogP contribution in [0.5, 0.6) is 0 Å². The molecule has 1 N–H and O–H groups in total. The molecule has 2 aromatic rings. The molecule has 0 spiro atoms. The first kappa shape index (κ1) is 16.5. The number of carbonyl (C=O) groups is 2. The molecule has 0 aliphatic carbocycles. The number of nitrogens with zero attached hydrogens (tertiary/aromatic N) is 1. The number of rotatable bonds is 3. The SMILES string of the molecule is Cc1ccc(NC(=O)[C@@H]2CC(=O)N(c3ccc(Cl)cc3)C2)cc1F. The Bertz CT molecular complexity index is 792. The molecule has 1 atom stereocenters. The van der Waals surface area contributed by atoms with Gasteiger partial charge in [0.25, 0.3) is 0 Å². The zero-order valence-electron chi connectivity index (χ0n) is 13.1. The van der Waals surface area contributed by atoms with E-state index in [9.17, 15) is 14.0 Å².